The van der Waals surface area contributed by atoms with Crippen LogP contribution in [-0.2, 0) is 5.41 Å². The maximum Gasteiger partial charge on any atom is 0.264 e. The molecule has 4 heteroatoms. The van der Waals surface area contributed by atoms with Gasteiger partial charge in [0.05, 0.1) is 11.1 Å². The zero-order valence-electron chi connectivity index (χ0n) is 38.6. The number of hydrogen-bond donors (Lipinski definition) is 0. The Labute approximate surface area is 403 Å². The van der Waals surface area contributed by atoms with Gasteiger partial charge < -0.3 is 9.80 Å². The summed E-state index contributed by atoms with van der Waals surface area (Å²) in [5.41, 5.74) is 27.9. The predicted octanol–water partition coefficient (Wildman–Crippen LogP) is 15.2. The van der Waals surface area contributed by atoms with Gasteiger partial charge in [0.15, 0.2) is 0 Å². The average Bonchev–Trinajstić information content (AvgIpc) is 4.00. The third kappa shape index (κ3) is 5.35. The molecule has 1 spiro atoms. The summed E-state index contributed by atoms with van der Waals surface area (Å²) >= 11 is 2.06. The molecule has 0 radical (unpaired) electrons. The second-order valence-electron chi connectivity index (χ2n) is 19.5. The molecule has 0 fully saturated rings. The van der Waals surface area contributed by atoms with Gasteiger partial charge in [0.2, 0.25) is 0 Å². The minimum atomic E-state index is -0.464. The van der Waals surface area contributed by atoms with E-state index in [-0.39, 0.29) is 6.71 Å². The summed E-state index contributed by atoms with van der Waals surface area (Å²) in [6.45, 7) is 9.14. The van der Waals surface area contributed by atoms with E-state index >= 15 is 0 Å². The van der Waals surface area contributed by atoms with Gasteiger partial charge in [0.1, 0.15) is 0 Å². The van der Waals surface area contributed by atoms with Crippen LogP contribution in [0.15, 0.2) is 206 Å². The number of nitrogens with zero attached hydrogens (tertiary/aromatic N) is 2. The van der Waals surface area contributed by atoms with E-state index in [9.17, 15) is 0 Å². The van der Waals surface area contributed by atoms with Crippen molar-refractivity contribution in [1.29, 1.82) is 0 Å². The molecular weight excluding hydrogens is 840 g/mol. The van der Waals surface area contributed by atoms with Gasteiger partial charge in [-0.05, 0) is 140 Å². The SMILES string of the molecule is Cc1ccc(-c2ccccc2)c(-c2ccc3c(c2)N(c2ccccc2)c2cc(C)cc4c2B3c2sc3c(c2N4c2ccccc2)-c2ccc(C(C)C)cc2C32c3ccccc3-c3ccccc32)c1. The summed E-state index contributed by atoms with van der Waals surface area (Å²) in [6, 6.07) is 78.2. The average molecular weight is 887 g/mol. The number of para-hydroxylation sites is 2. The standard InChI is InChI=1S/C64H47BN2S/c1-39(2)43-29-32-50-54(37-43)64(52-26-16-14-24-48(52)49-25-15-17-27-53(49)64)62-59(50)61-63(68-62)65-55-33-30-44(51-34-40(3)28-31-47(51)42-18-8-5-9-19-42)38-56(55)66(45-20-10-6-11-21-45)57-35-41(4)36-58(60(57)65)67(61)46-22-12-7-13-23-46/h5-39H,1-4H3. The minimum Gasteiger partial charge on any atom is -0.311 e. The molecule has 0 saturated heterocycles. The summed E-state index contributed by atoms with van der Waals surface area (Å²) in [5.74, 6) is 0.394. The van der Waals surface area contributed by atoms with E-state index < -0.39 is 5.41 Å². The lowest BCUT2D eigenvalue weighted by Gasteiger charge is -2.43. The number of fused-ring (bicyclic) bond motifs is 15. The van der Waals surface area contributed by atoms with E-state index in [1.807, 2.05) is 0 Å². The lowest BCUT2D eigenvalue weighted by atomic mass is 9.36. The maximum atomic E-state index is 2.64. The van der Waals surface area contributed by atoms with Crippen molar-refractivity contribution in [2.75, 3.05) is 9.80 Å². The molecule has 322 valence electrons. The van der Waals surface area contributed by atoms with Crippen molar-refractivity contribution in [2.24, 2.45) is 0 Å². The molecule has 4 aliphatic rings. The zero-order chi connectivity index (χ0) is 45.4. The first-order chi connectivity index (χ1) is 33.4. The minimum absolute atomic E-state index is 0.0106. The number of thiophene rings is 1. The lowest BCUT2D eigenvalue weighted by molar-refractivity contribution is 0.799. The van der Waals surface area contributed by atoms with E-state index in [0.29, 0.717) is 5.92 Å². The molecule has 14 rings (SSSR count). The van der Waals surface area contributed by atoms with Gasteiger partial charge in [-0.2, -0.15) is 0 Å². The van der Waals surface area contributed by atoms with Crippen molar-refractivity contribution >= 4 is 67.9 Å². The highest BCUT2D eigenvalue weighted by Crippen LogP contribution is 2.67. The van der Waals surface area contributed by atoms with Crippen LogP contribution in [0.5, 0.6) is 0 Å². The fraction of sp³-hybridized carbons (Fsp3) is 0.0938. The van der Waals surface area contributed by atoms with Crippen molar-refractivity contribution in [2.45, 2.75) is 39.0 Å². The summed E-state index contributed by atoms with van der Waals surface area (Å²) in [5, 5.41) is 0. The normalized spacial score (nSPS) is 14.0. The van der Waals surface area contributed by atoms with Crippen LogP contribution in [0.3, 0.4) is 0 Å². The summed E-state index contributed by atoms with van der Waals surface area (Å²) in [7, 11) is 0. The molecule has 0 atom stereocenters. The number of anilines is 6. The van der Waals surface area contributed by atoms with E-state index in [1.165, 1.54) is 127 Å². The van der Waals surface area contributed by atoms with Crippen LogP contribution in [0.1, 0.15) is 58.0 Å². The first-order valence-electron chi connectivity index (χ1n) is 24.1. The second kappa shape index (κ2) is 14.7. The Morgan fingerprint density at radius 1 is 0.456 bits per heavy atom. The van der Waals surface area contributed by atoms with Crippen LogP contribution in [-0.4, -0.2) is 6.71 Å². The van der Waals surface area contributed by atoms with Crippen LogP contribution in [0.2, 0.25) is 0 Å². The molecule has 0 bridgehead atoms. The highest BCUT2D eigenvalue weighted by atomic mass is 32.1. The third-order valence-electron chi connectivity index (χ3n) is 15.3. The largest absolute Gasteiger partial charge is 0.311 e. The van der Waals surface area contributed by atoms with E-state index in [4.69, 9.17) is 0 Å². The summed E-state index contributed by atoms with van der Waals surface area (Å²) < 4.78 is 1.40. The maximum absolute atomic E-state index is 2.64. The van der Waals surface area contributed by atoms with Crippen LogP contribution >= 0.6 is 11.3 Å². The topological polar surface area (TPSA) is 6.48 Å². The van der Waals surface area contributed by atoms with E-state index in [0.717, 1.165) is 5.69 Å². The molecule has 2 aliphatic carbocycles. The third-order valence-corrected chi connectivity index (χ3v) is 16.7. The molecule has 68 heavy (non-hydrogen) atoms. The number of aryl methyl sites for hydroxylation is 2. The summed E-state index contributed by atoms with van der Waals surface area (Å²) in [6.07, 6.45) is 0. The van der Waals surface area contributed by atoms with Crippen molar-refractivity contribution in [3.05, 3.63) is 245 Å². The Balaban J connectivity index is 1.11. The Bertz CT molecular complexity index is 3660. The number of rotatable bonds is 5. The van der Waals surface area contributed by atoms with Gasteiger partial charge in [0.25, 0.3) is 6.71 Å². The van der Waals surface area contributed by atoms with Crippen LogP contribution in [0.4, 0.5) is 34.1 Å². The van der Waals surface area contributed by atoms with E-state index in [2.05, 4.69) is 255 Å². The first-order valence-corrected chi connectivity index (χ1v) is 24.9. The Kier molecular flexibility index (Phi) is 8.52. The second-order valence-corrected chi connectivity index (χ2v) is 20.6. The molecular formula is C64H47BN2S. The molecule has 0 saturated carbocycles. The van der Waals surface area contributed by atoms with Gasteiger partial charge in [-0.15, -0.1) is 11.3 Å². The molecule has 2 aliphatic heterocycles. The van der Waals surface area contributed by atoms with E-state index in [1.54, 1.807) is 0 Å². The van der Waals surface area contributed by atoms with Gasteiger partial charge in [-0.1, -0.05) is 183 Å². The molecule has 3 heterocycles. The summed E-state index contributed by atoms with van der Waals surface area (Å²) in [4.78, 5) is 6.63. The molecule has 2 nitrogen and oxygen atoms in total. The van der Waals surface area contributed by atoms with Gasteiger partial charge in [0, 0.05) is 43.7 Å². The Morgan fingerprint density at radius 2 is 1.06 bits per heavy atom. The molecule has 10 aromatic rings. The van der Waals surface area contributed by atoms with Crippen LogP contribution < -0.4 is 25.5 Å². The Morgan fingerprint density at radius 3 is 1.74 bits per heavy atom. The van der Waals surface area contributed by atoms with Crippen molar-refractivity contribution in [3.63, 3.8) is 0 Å². The van der Waals surface area contributed by atoms with Crippen molar-refractivity contribution in [1.82, 2.24) is 0 Å². The molecule has 0 N–H and O–H groups in total. The van der Waals surface area contributed by atoms with Gasteiger partial charge in [-0.25, -0.2) is 0 Å². The fourth-order valence-corrected chi connectivity index (χ4v) is 14.1. The van der Waals surface area contributed by atoms with Crippen LogP contribution in [0, 0.1) is 13.8 Å². The predicted molar refractivity (Wildman–Crippen MR) is 289 cm³/mol. The quantitative estimate of drug-likeness (QED) is 0.159. The molecule has 0 amide bonds. The van der Waals surface area contributed by atoms with Crippen molar-refractivity contribution < 1.29 is 0 Å². The highest BCUT2D eigenvalue weighted by Gasteiger charge is 2.57. The van der Waals surface area contributed by atoms with Gasteiger partial charge in [-0.3, -0.25) is 0 Å². The monoisotopic (exact) mass is 886 g/mol. The number of hydrogen-bond acceptors (Lipinski definition) is 3. The lowest BCUT2D eigenvalue weighted by Crippen LogP contribution is -2.60. The smallest absolute Gasteiger partial charge is 0.264 e. The highest BCUT2D eigenvalue weighted by molar-refractivity contribution is 7.30. The molecule has 9 aromatic carbocycles. The van der Waals surface area contributed by atoms with Gasteiger partial charge >= 0.3 is 0 Å². The Hall–Kier alpha value is -7.66. The molecule has 1 aromatic heterocycles. The molecule has 0 unspecified atom stereocenters. The first kappa shape index (κ1) is 39.5. The van der Waals surface area contributed by atoms with Crippen molar-refractivity contribution in [3.8, 4) is 44.5 Å². The van der Waals surface area contributed by atoms with Crippen LogP contribution in [0.25, 0.3) is 44.5 Å². The zero-order valence-corrected chi connectivity index (χ0v) is 39.4. The fourth-order valence-electron chi connectivity index (χ4n) is 12.4. The number of benzene rings is 9.